The molecule has 0 spiro atoms. The molecule has 78 heavy (non-hydrogen) atoms. The molecule has 0 radical (unpaired) electrons. The van der Waals surface area contributed by atoms with Crippen LogP contribution in [0.25, 0.3) is 0 Å². The minimum absolute atomic E-state index is 0.0959. The van der Waals surface area contributed by atoms with Gasteiger partial charge in [-0.15, -0.1) is 47.0 Å². The van der Waals surface area contributed by atoms with Crippen LogP contribution < -0.4 is 14.2 Å². The van der Waals surface area contributed by atoms with Crippen molar-refractivity contribution >= 4 is 47.0 Å². The number of nitrogens with zero attached hydrogens (tertiary/aromatic N) is 5. The van der Waals surface area contributed by atoms with Crippen molar-refractivity contribution < 1.29 is 14.2 Å². The van der Waals surface area contributed by atoms with Crippen molar-refractivity contribution in [2.45, 2.75) is 208 Å². The number of benzene rings is 2. The molecule has 0 amide bonds. The van der Waals surface area contributed by atoms with Crippen LogP contribution in [0.5, 0.6) is 17.4 Å². The Balaban J connectivity index is 0.000000455. The number of thioether (sulfide) groups is 4. The normalized spacial score (nSPS) is 11.4. The molecular weight excluding hydrogens is 1040 g/mol. The Hall–Kier alpha value is -5.01. The van der Waals surface area contributed by atoms with Gasteiger partial charge >= 0.3 is 0 Å². The zero-order chi connectivity index (χ0) is 59.1. The smallest absolute Gasteiger partial charge is 0.213 e. The van der Waals surface area contributed by atoms with E-state index < -0.39 is 0 Å². The molecule has 0 saturated carbocycles. The van der Waals surface area contributed by atoms with Crippen molar-refractivity contribution in [1.29, 1.82) is 0 Å². The number of hydrogen-bond donors (Lipinski definition) is 0. The molecule has 0 N–H and O–H groups in total. The van der Waals surface area contributed by atoms with Gasteiger partial charge in [0.2, 0.25) is 5.88 Å². The molecule has 0 atom stereocenters. The number of aromatic nitrogens is 5. The highest BCUT2D eigenvalue weighted by molar-refractivity contribution is 8.01. The highest BCUT2D eigenvalue weighted by Gasteiger charge is 2.16. The quantitative estimate of drug-likeness (QED) is 0.142. The summed E-state index contributed by atoms with van der Waals surface area (Å²) in [6.45, 7) is 46.7. The second kappa shape index (κ2) is 34.9. The van der Waals surface area contributed by atoms with Crippen molar-refractivity contribution in [3.63, 3.8) is 0 Å². The van der Waals surface area contributed by atoms with Crippen LogP contribution in [0.2, 0.25) is 0 Å². The standard InChI is InChI=1S/C10H15NS.C10H14O.C10H14S.2C9H13NO.2C9H13NS/c1-8-6-5-7-11-9(8)12-10(2,3)4;2*1-10(2,3)11-9-7-5-4-6-8-9;1-9(2,3)11-8-5-4-6-10-7-8;1-9(2,3)11-8-6-4-5-7-10-8;1-9(2,3)11-8-5-4-6-10-7-8;1-9(2,3)11-8-6-4-5-7-10-8/h5-7H,1-4H3;2*4-8H,1-3H3;4*4-7H,1-3H3. The molecule has 5 heterocycles. The first-order chi connectivity index (χ1) is 36.0. The molecule has 0 aliphatic carbocycles. The maximum atomic E-state index is 5.60. The Kier molecular flexibility index (Phi) is 31.7. The molecule has 7 rings (SSSR count). The Bertz CT molecular complexity index is 2170. The van der Waals surface area contributed by atoms with E-state index in [1.807, 2.05) is 213 Å². The van der Waals surface area contributed by atoms with E-state index in [0.29, 0.717) is 10.6 Å². The van der Waals surface area contributed by atoms with Crippen LogP contribution >= 0.6 is 47.0 Å². The Morgan fingerprint density at radius 1 is 0.321 bits per heavy atom. The van der Waals surface area contributed by atoms with Crippen molar-refractivity contribution in [1.82, 2.24) is 24.9 Å². The van der Waals surface area contributed by atoms with Gasteiger partial charge in [-0.3, -0.25) is 9.97 Å². The second-order valence-electron chi connectivity index (χ2n) is 24.5. The fourth-order valence-electron chi connectivity index (χ4n) is 5.52. The molecule has 12 heteroatoms. The molecule has 8 nitrogen and oxygen atoms in total. The predicted octanol–water partition coefficient (Wildman–Crippen LogP) is 20.2. The van der Waals surface area contributed by atoms with Gasteiger partial charge in [0, 0.05) is 72.0 Å². The van der Waals surface area contributed by atoms with E-state index >= 15 is 0 Å². The average Bonchev–Trinajstić information content (AvgIpc) is 3.30. The molecule has 7 aromatic rings. The summed E-state index contributed by atoms with van der Waals surface area (Å²) in [5.41, 5.74) is 0.871. The van der Waals surface area contributed by atoms with Gasteiger partial charge in [-0.25, -0.2) is 15.0 Å². The summed E-state index contributed by atoms with van der Waals surface area (Å²) in [4.78, 5) is 23.2. The molecule has 0 aliphatic rings. The number of pyridine rings is 5. The zero-order valence-corrected chi connectivity index (χ0v) is 54.6. The van der Waals surface area contributed by atoms with Crippen LogP contribution in [-0.4, -0.2) is 60.7 Å². The van der Waals surface area contributed by atoms with Gasteiger partial charge in [0.25, 0.3) is 0 Å². The Morgan fingerprint density at radius 3 is 1.15 bits per heavy atom. The lowest BCUT2D eigenvalue weighted by Crippen LogP contribution is -2.23. The number of rotatable bonds is 7. The van der Waals surface area contributed by atoms with E-state index in [0.717, 1.165) is 21.6 Å². The van der Waals surface area contributed by atoms with Crippen LogP contribution in [-0.2, 0) is 0 Å². The van der Waals surface area contributed by atoms with Crippen LogP contribution in [0.4, 0.5) is 0 Å². The average molecular weight is 1130 g/mol. The third-order valence-corrected chi connectivity index (χ3v) is 12.4. The topological polar surface area (TPSA) is 92.1 Å². The van der Waals surface area contributed by atoms with E-state index in [2.05, 4.69) is 151 Å². The van der Waals surface area contributed by atoms with Crippen molar-refractivity contribution in [3.8, 4) is 17.4 Å². The van der Waals surface area contributed by atoms with E-state index in [1.54, 1.807) is 36.5 Å². The minimum Gasteiger partial charge on any atom is -0.488 e. The molecule has 5 aromatic heterocycles. The zero-order valence-electron chi connectivity index (χ0n) is 51.3. The monoisotopic (exact) mass is 1130 g/mol. The van der Waals surface area contributed by atoms with E-state index in [9.17, 15) is 0 Å². The second-order valence-corrected chi connectivity index (χ2v) is 31.9. The summed E-state index contributed by atoms with van der Waals surface area (Å²) < 4.78 is 17.7. The highest BCUT2D eigenvalue weighted by Crippen LogP contribution is 2.33. The van der Waals surface area contributed by atoms with Crippen LogP contribution in [0, 0.1) is 6.92 Å². The van der Waals surface area contributed by atoms with Gasteiger partial charge in [0.15, 0.2) is 0 Å². The lowest BCUT2D eigenvalue weighted by atomic mass is 10.2. The summed E-state index contributed by atoms with van der Waals surface area (Å²) in [5, 5.41) is 2.24. The van der Waals surface area contributed by atoms with E-state index in [-0.39, 0.29) is 31.0 Å². The summed E-state index contributed by atoms with van der Waals surface area (Å²) >= 11 is 7.34. The maximum Gasteiger partial charge on any atom is 0.213 e. The van der Waals surface area contributed by atoms with E-state index in [4.69, 9.17) is 14.2 Å². The largest absolute Gasteiger partial charge is 0.488 e. The molecule has 0 aliphatic heterocycles. The first-order valence-electron chi connectivity index (χ1n) is 26.4. The van der Waals surface area contributed by atoms with Crippen LogP contribution in [0.1, 0.15) is 151 Å². The van der Waals surface area contributed by atoms with Gasteiger partial charge in [-0.05, 0) is 148 Å². The number of aryl methyl sites for hydroxylation is 1. The van der Waals surface area contributed by atoms with Gasteiger partial charge in [0.1, 0.15) is 28.3 Å². The van der Waals surface area contributed by atoms with Gasteiger partial charge in [0.05, 0.1) is 16.2 Å². The summed E-state index contributed by atoms with van der Waals surface area (Å²) in [7, 11) is 0. The summed E-state index contributed by atoms with van der Waals surface area (Å²) in [6.07, 6.45) is 12.5. The molecule has 426 valence electrons. The number of para-hydroxylation sites is 1. The molecule has 0 fully saturated rings. The van der Waals surface area contributed by atoms with Crippen LogP contribution in [0.15, 0.2) is 197 Å². The molecule has 2 aromatic carbocycles. The maximum absolute atomic E-state index is 5.60. The van der Waals surface area contributed by atoms with Crippen molar-refractivity contribution in [3.05, 3.63) is 182 Å². The summed E-state index contributed by atoms with van der Waals surface area (Å²) in [6, 6.07) is 43.9. The number of hydrogen-bond acceptors (Lipinski definition) is 12. The first-order valence-corrected chi connectivity index (χ1v) is 29.7. The molecule has 0 saturated heterocycles. The van der Waals surface area contributed by atoms with Crippen LogP contribution in [0.3, 0.4) is 0 Å². The molecule has 0 unspecified atom stereocenters. The van der Waals surface area contributed by atoms with Gasteiger partial charge in [-0.1, -0.05) is 138 Å². The molecule has 0 bridgehead atoms. The fourth-order valence-corrected chi connectivity index (χ4v) is 9.29. The molecular formula is C66H95N5O3S4. The van der Waals surface area contributed by atoms with Crippen molar-refractivity contribution in [2.24, 2.45) is 0 Å². The Labute approximate surface area is 490 Å². The minimum atomic E-state index is -0.158. The Morgan fingerprint density at radius 2 is 0.731 bits per heavy atom. The lowest BCUT2D eigenvalue weighted by Gasteiger charge is -2.20. The van der Waals surface area contributed by atoms with Gasteiger partial charge in [-0.2, -0.15) is 0 Å². The summed E-state index contributed by atoms with van der Waals surface area (Å²) in [5.74, 6) is 2.43. The van der Waals surface area contributed by atoms with Crippen molar-refractivity contribution in [2.75, 3.05) is 0 Å². The van der Waals surface area contributed by atoms with Gasteiger partial charge < -0.3 is 14.2 Å². The fraction of sp³-hybridized carbons (Fsp3) is 0.439. The number of ether oxygens (including phenoxy) is 3. The predicted molar refractivity (Wildman–Crippen MR) is 342 cm³/mol. The third kappa shape index (κ3) is 43.9. The lowest BCUT2D eigenvalue weighted by molar-refractivity contribution is 0.124. The third-order valence-electron chi connectivity index (χ3n) is 7.91. The first kappa shape index (κ1) is 71.0. The highest BCUT2D eigenvalue weighted by atomic mass is 32.2. The SMILES string of the molecule is CC(C)(C)Oc1ccccc1.CC(C)(C)Oc1ccccn1.CC(C)(C)Oc1cccnc1.CC(C)(C)Sc1ccccc1.CC(C)(C)Sc1ccccn1.CC(C)(C)Sc1cccnc1.Cc1cccnc1SC(C)(C)C. The van der Waals surface area contributed by atoms with E-state index in [1.165, 1.54) is 15.4 Å².